The predicted molar refractivity (Wildman–Crippen MR) is 75.4 cm³/mol. The summed E-state index contributed by atoms with van der Waals surface area (Å²) in [6.45, 7) is -0.282. The van der Waals surface area contributed by atoms with E-state index in [-0.39, 0.29) is 6.54 Å². The third kappa shape index (κ3) is 2.60. The van der Waals surface area contributed by atoms with Crippen LogP contribution in [0.15, 0.2) is 23.2 Å². The Labute approximate surface area is 130 Å². The lowest BCUT2D eigenvalue weighted by molar-refractivity contribution is -0.284. The Hall–Kier alpha value is -1.22. The van der Waals surface area contributed by atoms with Gasteiger partial charge in [-0.25, -0.2) is 0 Å². The molecule has 2 heterocycles. The average molecular weight is 330 g/mol. The van der Waals surface area contributed by atoms with Crippen LogP contribution in [0.1, 0.15) is 0 Å². The molecule has 4 N–H and O–H groups in total. The van der Waals surface area contributed by atoms with E-state index in [1.807, 2.05) is 0 Å². The fourth-order valence-corrected chi connectivity index (χ4v) is 2.83. The number of hydrogen-bond acceptors (Lipinski definition) is 7. The quantitative estimate of drug-likeness (QED) is 0.505. The summed E-state index contributed by atoms with van der Waals surface area (Å²) in [4.78, 5) is 4.26. The minimum Gasteiger partial charge on any atom is -0.464 e. The van der Waals surface area contributed by atoms with E-state index in [1.54, 1.807) is 18.2 Å². The van der Waals surface area contributed by atoms with E-state index in [0.29, 0.717) is 21.4 Å². The van der Waals surface area contributed by atoms with E-state index in [9.17, 15) is 15.3 Å². The lowest BCUT2D eigenvalue weighted by atomic mass is 9.99. The third-order valence-corrected chi connectivity index (χ3v) is 4.09. The van der Waals surface area contributed by atoms with Gasteiger partial charge in [-0.2, -0.15) is 0 Å². The Morgan fingerprint density at radius 3 is 2.73 bits per heavy atom. The van der Waals surface area contributed by atoms with Crippen molar-refractivity contribution in [1.82, 2.24) is 0 Å². The summed E-state index contributed by atoms with van der Waals surface area (Å²) in [6, 6.07) is 5.24. The van der Waals surface area contributed by atoms with Crippen LogP contribution < -0.4 is 10.6 Å². The van der Waals surface area contributed by atoms with Crippen LogP contribution in [0.4, 0.5) is 0 Å². The first-order valence-corrected chi connectivity index (χ1v) is 7.20. The van der Waals surface area contributed by atoms with Crippen LogP contribution >= 0.6 is 11.6 Å². The maximum absolute atomic E-state index is 9.98. The Balaban J connectivity index is 1.89. The van der Waals surface area contributed by atoms with Crippen molar-refractivity contribution in [2.24, 2.45) is 4.99 Å². The van der Waals surface area contributed by atoms with Crippen molar-refractivity contribution in [3.8, 4) is 0 Å². The average Bonchev–Trinajstić information content (AvgIpc) is 2.92. The number of nitrogens with zero attached hydrogens (tertiary/aromatic N) is 1. The number of aliphatic hydroxyl groups is 4. The number of fused-ring (bicyclic) bond motifs is 1. The molecule has 0 aliphatic carbocycles. The van der Waals surface area contributed by atoms with Crippen LogP contribution in [0.5, 0.6) is 0 Å². The monoisotopic (exact) mass is 329 g/mol. The first-order chi connectivity index (χ1) is 10.5. The lowest BCUT2D eigenvalue weighted by Crippen LogP contribution is -2.59. The van der Waals surface area contributed by atoms with Gasteiger partial charge in [0.25, 0.3) is 0 Å². The number of benzene rings is 1. The van der Waals surface area contributed by atoms with Crippen molar-refractivity contribution in [2.75, 3.05) is 13.2 Å². The summed E-state index contributed by atoms with van der Waals surface area (Å²) >= 11 is 6.13. The smallest absolute Gasteiger partial charge is 0.228 e. The van der Waals surface area contributed by atoms with Gasteiger partial charge >= 0.3 is 0 Å². The van der Waals surface area contributed by atoms with E-state index in [4.69, 9.17) is 26.2 Å². The van der Waals surface area contributed by atoms with Crippen molar-refractivity contribution in [1.29, 1.82) is 0 Å². The first kappa shape index (κ1) is 15.7. The highest BCUT2D eigenvalue weighted by Gasteiger charge is 2.45. The largest absolute Gasteiger partial charge is 0.464 e. The van der Waals surface area contributed by atoms with Crippen LogP contribution in [-0.4, -0.2) is 64.3 Å². The second-order valence-electron chi connectivity index (χ2n) is 5.19. The van der Waals surface area contributed by atoms with Crippen LogP contribution in [-0.2, 0) is 9.47 Å². The summed E-state index contributed by atoms with van der Waals surface area (Å²) in [7, 11) is 0. The molecule has 120 valence electrons. The second-order valence-corrected chi connectivity index (χ2v) is 5.60. The van der Waals surface area contributed by atoms with Crippen molar-refractivity contribution in [3.05, 3.63) is 33.8 Å². The highest BCUT2D eigenvalue weighted by Crippen LogP contribution is 2.24. The van der Waals surface area contributed by atoms with Crippen LogP contribution in [0, 0.1) is 0 Å². The molecule has 1 fully saturated rings. The molecule has 0 radical (unpaired) electrons. The fourth-order valence-electron chi connectivity index (χ4n) is 2.56. The van der Waals surface area contributed by atoms with E-state index in [1.165, 1.54) is 0 Å². The molecule has 0 aromatic heterocycles. The van der Waals surface area contributed by atoms with Crippen LogP contribution in [0.25, 0.3) is 5.76 Å². The van der Waals surface area contributed by atoms with Crippen molar-refractivity contribution >= 4 is 17.4 Å². The minimum absolute atomic E-state index is 0.230. The number of aliphatic hydroxyl groups excluding tert-OH is 4. The van der Waals surface area contributed by atoms with Gasteiger partial charge in [-0.05, 0) is 12.1 Å². The molecular formula is C14H16ClNO6. The molecule has 1 aromatic rings. The molecular weight excluding hydrogens is 314 g/mol. The Morgan fingerprint density at radius 1 is 1.23 bits per heavy atom. The van der Waals surface area contributed by atoms with Gasteiger partial charge in [-0.15, -0.1) is 0 Å². The van der Waals surface area contributed by atoms with Crippen molar-refractivity contribution in [2.45, 2.75) is 30.7 Å². The summed E-state index contributed by atoms with van der Waals surface area (Å²) in [6.07, 6.45) is -6.62. The van der Waals surface area contributed by atoms with E-state index in [2.05, 4.69) is 4.99 Å². The standard InChI is InChI=1S/C14H16ClNO6/c15-6-2-1-3-7-10(6)8(4-16-7)21-14-13(20)12(19)11(18)9(5-17)22-14/h1-3,9,11-14,17-20H,4-5H2/t9-,11-,12+,13-,14+/m0/s1. The molecule has 0 spiro atoms. The SMILES string of the molecule is OC[C@@H]1O[C@@H](OC2=c3c(Cl)cccc3=NC2)[C@@H](O)[C@H](O)[C@H]1O. The molecule has 7 nitrogen and oxygen atoms in total. The molecule has 3 rings (SSSR count). The van der Waals surface area contributed by atoms with Gasteiger partial charge in [-0.1, -0.05) is 17.7 Å². The number of ether oxygens (including phenoxy) is 2. The van der Waals surface area contributed by atoms with Crippen molar-refractivity contribution in [3.63, 3.8) is 0 Å². The van der Waals surface area contributed by atoms with Gasteiger partial charge in [0, 0.05) is 0 Å². The molecule has 2 aliphatic rings. The molecule has 1 saturated heterocycles. The number of hydrogen-bond donors (Lipinski definition) is 4. The van der Waals surface area contributed by atoms with Gasteiger partial charge in [-0.3, -0.25) is 4.99 Å². The summed E-state index contributed by atoms with van der Waals surface area (Å²) in [5.74, 6) is 0.407. The zero-order valence-electron chi connectivity index (χ0n) is 11.5. The first-order valence-electron chi connectivity index (χ1n) is 6.82. The summed E-state index contributed by atoms with van der Waals surface area (Å²) < 4.78 is 10.9. The van der Waals surface area contributed by atoms with Gasteiger partial charge in [0.1, 0.15) is 30.2 Å². The fraction of sp³-hybridized carbons (Fsp3) is 0.500. The van der Waals surface area contributed by atoms with Crippen molar-refractivity contribution < 1.29 is 29.9 Å². The van der Waals surface area contributed by atoms with Gasteiger partial charge in [0.05, 0.1) is 28.8 Å². The molecule has 0 amide bonds. The molecule has 5 atom stereocenters. The highest BCUT2D eigenvalue weighted by atomic mass is 35.5. The predicted octanol–water partition coefficient (Wildman–Crippen LogP) is -2.10. The van der Waals surface area contributed by atoms with Gasteiger partial charge in [0.15, 0.2) is 0 Å². The van der Waals surface area contributed by atoms with E-state index < -0.39 is 37.3 Å². The van der Waals surface area contributed by atoms with Gasteiger partial charge in [0.2, 0.25) is 6.29 Å². The Kier molecular flexibility index (Phi) is 4.35. The third-order valence-electron chi connectivity index (χ3n) is 3.77. The van der Waals surface area contributed by atoms with E-state index >= 15 is 0 Å². The molecule has 0 unspecified atom stereocenters. The zero-order valence-corrected chi connectivity index (χ0v) is 12.2. The van der Waals surface area contributed by atoms with E-state index in [0.717, 1.165) is 0 Å². The Morgan fingerprint density at radius 2 is 2.00 bits per heavy atom. The molecule has 22 heavy (non-hydrogen) atoms. The Bertz CT molecular complexity index is 678. The maximum Gasteiger partial charge on any atom is 0.228 e. The second kappa shape index (κ2) is 6.11. The lowest BCUT2D eigenvalue weighted by Gasteiger charge is -2.39. The molecule has 0 bridgehead atoms. The highest BCUT2D eigenvalue weighted by molar-refractivity contribution is 6.30. The molecule has 2 aliphatic heterocycles. The minimum atomic E-state index is -1.49. The zero-order chi connectivity index (χ0) is 15.9. The number of rotatable bonds is 3. The van der Waals surface area contributed by atoms with Gasteiger partial charge < -0.3 is 29.9 Å². The number of halogens is 1. The van der Waals surface area contributed by atoms with Crippen LogP contribution in [0.3, 0.4) is 0 Å². The molecule has 8 heteroatoms. The normalized spacial score (nSPS) is 34.2. The molecule has 1 aromatic carbocycles. The maximum atomic E-state index is 9.98. The topological polar surface area (TPSA) is 112 Å². The van der Waals surface area contributed by atoms with Crippen LogP contribution in [0.2, 0.25) is 5.02 Å². The summed E-state index contributed by atoms with van der Waals surface area (Å²) in [5.41, 5.74) is 0. The molecule has 0 saturated carbocycles. The summed E-state index contributed by atoms with van der Waals surface area (Å²) in [5, 5.41) is 40.4.